The molecular formula is C13H3F2NO4S. The van der Waals surface area contributed by atoms with Crippen LogP contribution in [0, 0.1) is 11.6 Å². The van der Waals surface area contributed by atoms with Gasteiger partial charge in [0.1, 0.15) is 5.52 Å². The SMILES string of the molecule is O=C([O-])[s+]1c2c3oc4c(F)c(F)cc5c(=O)c(c1n3c45)C2. The first kappa shape index (κ1) is 11.2. The molecule has 0 fully saturated rings. The van der Waals surface area contributed by atoms with Crippen LogP contribution in [0.4, 0.5) is 13.6 Å². The van der Waals surface area contributed by atoms with Crippen LogP contribution in [0.25, 0.3) is 27.0 Å². The first-order valence-electron chi connectivity index (χ1n) is 5.97. The van der Waals surface area contributed by atoms with Gasteiger partial charge in [0.15, 0.2) is 16.8 Å². The predicted molar refractivity (Wildman–Crippen MR) is 68.1 cm³/mol. The molecule has 0 N–H and O–H groups in total. The number of aromatic nitrogens is 1. The zero-order valence-corrected chi connectivity index (χ0v) is 10.8. The summed E-state index contributed by atoms with van der Waals surface area (Å²) in [5, 5.41) is 10.0. The van der Waals surface area contributed by atoms with Crippen molar-refractivity contribution in [1.29, 1.82) is 0 Å². The van der Waals surface area contributed by atoms with Crippen molar-refractivity contribution >= 4 is 42.8 Å². The molecule has 0 spiro atoms. The molecule has 1 atom stereocenters. The van der Waals surface area contributed by atoms with Gasteiger partial charge in [0, 0.05) is 0 Å². The summed E-state index contributed by atoms with van der Waals surface area (Å²) in [6.45, 7) is 0. The highest BCUT2D eigenvalue weighted by atomic mass is 32.2. The lowest BCUT2D eigenvalue weighted by Crippen LogP contribution is -2.16. The minimum absolute atomic E-state index is 0.000461. The highest BCUT2D eigenvalue weighted by molar-refractivity contribution is 7.55. The van der Waals surface area contributed by atoms with Crippen LogP contribution in [0.1, 0.15) is 10.4 Å². The number of nitrogens with zero attached hydrogens (tertiary/aromatic N) is 1. The monoisotopic (exact) mass is 307 g/mol. The van der Waals surface area contributed by atoms with E-state index in [1.807, 2.05) is 0 Å². The average Bonchev–Trinajstić information content (AvgIpc) is 3.07. The molecule has 1 aliphatic heterocycles. The number of oxazole rings is 1. The Morgan fingerprint density at radius 1 is 1.43 bits per heavy atom. The molecule has 21 heavy (non-hydrogen) atoms. The number of hydrogen-bond donors (Lipinski definition) is 0. The number of rotatable bonds is 1. The van der Waals surface area contributed by atoms with Crippen molar-refractivity contribution in [2.75, 3.05) is 0 Å². The van der Waals surface area contributed by atoms with Gasteiger partial charge < -0.3 is 14.3 Å². The van der Waals surface area contributed by atoms with Gasteiger partial charge in [0.2, 0.25) is 10.7 Å². The maximum Gasteiger partial charge on any atom is 0.303 e. The number of pyridine rings is 1. The Kier molecular flexibility index (Phi) is 1.63. The average molecular weight is 307 g/mol. The van der Waals surface area contributed by atoms with Crippen molar-refractivity contribution in [2.45, 2.75) is 6.42 Å². The number of fused-ring (bicyclic) bond motifs is 2. The summed E-state index contributed by atoms with van der Waals surface area (Å²) < 4.78 is 34.2. The van der Waals surface area contributed by atoms with Crippen LogP contribution in [0.15, 0.2) is 15.3 Å². The highest BCUT2D eigenvalue weighted by Gasteiger charge is 2.43. The molecule has 4 heterocycles. The van der Waals surface area contributed by atoms with E-state index in [0.717, 1.165) is 6.07 Å². The first-order valence-corrected chi connectivity index (χ1v) is 7.19. The summed E-state index contributed by atoms with van der Waals surface area (Å²) in [6.07, 6.45) is 0.123. The van der Waals surface area contributed by atoms with Crippen molar-refractivity contribution in [3.63, 3.8) is 0 Å². The van der Waals surface area contributed by atoms with E-state index >= 15 is 0 Å². The lowest BCUT2D eigenvalue weighted by molar-refractivity contribution is -0.233. The Bertz CT molecular complexity index is 1180. The molecule has 1 aromatic carbocycles. The van der Waals surface area contributed by atoms with Gasteiger partial charge in [-0.3, -0.25) is 4.79 Å². The smallest absolute Gasteiger partial charge is 0.303 e. The minimum atomic E-state index is -1.36. The lowest BCUT2D eigenvalue weighted by Gasteiger charge is -2.01. The third kappa shape index (κ3) is 0.983. The second kappa shape index (κ2) is 3.06. The Morgan fingerprint density at radius 2 is 2.19 bits per heavy atom. The highest BCUT2D eigenvalue weighted by Crippen LogP contribution is 2.48. The van der Waals surface area contributed by atoms with E-state index in [0.29, 0.717) is 10.4 Å². The first-order chi connectivity index (χ1) is 10.0. The molecule has 5 nitrogen and oxygen atoms in total. The van der Waals surface area contributed by atoms with Gasteiger partial charge >= 0.3 is 5.30 Å². The molecule has 3 aromatic heterocycles. The van der Waals surface area contributed by atoms with Crippen molar-refractivity contribution < 1.29 is 23.1 Å². The number of halogens is 2. The molecule has 4 aromatic rings. The molecule has 0 saturated carbocycles. The fraction of sp³-hybridized carbons (Fsp3) is 0.0769. The predicted octanol–water partition coefficient (Wildman–Crippen LogP) is 1.76. The maximum atomic E-state index is 13.9. The van der Waals surface area contributed by atoms with E-state index in [4.69, 9.17) is 4.42 Å². The largest absolute Gasteiger partial charge is 0.500 e. The topological polar surface area (TPSA) is 74.8 Å². The van der Waals surface area contributed by atoms with E-state index < -0.39 is 32.8 Å². The fourth-order valence-corrected chi connectivity index (χ4v) is 5.11. The fourth-order valence-electron chi connectivity index (χ4n) is 3.16. The zero-order chi connectivity index (χ0) is 14.6. The molecule has 2 bridgehead atoms. The standard InChI is InChI=1S/C13H3F2NO4S/c14-5-1-3-8-10(7(5)15)20-11-6-2-4(9(3)17)12(16(8)11)21(6)13(18)19/h1H,2H2. The van der Waals surface area contributed by atoms with Crippen LogP contribution in [0.3, 0.4) is 0 Å². The number of carbonyl (C=O) groups excluding carboxylic acids is 1. The molecule has 0 aliphatic carbocycles. The van der Waals surface area contributed by atoms with Crippen LogP contribution in [0.5, 0.6) is 0 Å². The number of carboxylic acid groups (broad SMARTS) is 1. The van der Waals surface area contributed by atoms with Crippen LogP contribution in [-0.2, 0) is 6.42 Å². The molecule has 0 saturated heterocycles. The molecular weight excluding hydrogens is 304 g/mol. The van der Waals surface area contributed by atoms with Gasteiger partial charge in [-0.2, -0.15) is 4.39 Å². The van der Waals surface area contributed by atoms with Gasteiger partial charge in [-0.15, -0.1) is 0 Å². The van der Waals surface area contributed by atoms with Gasteiger partial charge in [-0.25, -0.2) is 8.79 Å². The van der Waals surface area contributed by atoms with E-state index in [9.17, 15) is 23.5 Å². The van der Waals surface area contributed by atoms with Gasteiger partial charge in [0.25, 0.3) is 10.5 Å². The Labute approximate surface area is 115 Å². The number of benzene rings is 1. The van der Waals surface area contributed by atoms with Crippen molar-refractivity contribution in [1.82, 2.24) is 4.40 Å². The van der Waals surface area contributed by atoms with E-state index in [-0.39, 0.29) is 33.5 Å². The van der Waals surface area contributed by atoms with Crippen LogP contribution < -0.4 is 10.5 Å². The molecule has 1 aliphatic rings. The zero-order valence-electron chi connectivity index (χ0n) is 10.0. The summed E-state index contributed by atoms with van der Waals surface area (Å²) in [5.41, 5.74) is -0.257. The van der Waals surface area contributed by atoms with Crippen molar-refractivity contribution in [3.8, 4) is 0 Å². The Morgan fingerprint density at radius 3 is 2.90 bits per heavy atom. The minimum Gasteiger partial charge on any atom is -0.500 e. The molecule has 5 rings (SSSR count). The van der Waals surface area contributed by atoms with Gasteiger partial charge in [-0.1, -0.05) is 0 Å². The molecule has 104 valence electrons. The quantitative estimate of drug-likeness (QED) is 0.442. The molecule has 0 radical (unpaired) electrons. The van der Waals surface area contributed by atoms with Crippen LogP contribution in [-0.4, -0.2) is 9.70 Å². The van der Waals surface area contributed by atoms with E-state index in [2.05, 4.69) is 0 Å². The van der Waals surface area contributed by atoms with Gasteiger partial charge in [0.05, 0.1) is 27.8 Å². The summed E-state index contributed by atoms with van der Waals surface area (Å²) in [4.78, 5) is 24.4. The summed E-state index contributed by atoms with van der Waals surface area (Å²) in [7, 11) is -1.36. The number of hydrogen-bond acceptors (Lipinski definition) is 4. The third-order valence-corrected chi connectivity index (χ3v) is 5.90. The second-order valence-corrected chi connectivity index (χ2v) is 6.73. The molecule has 0 amide bonds. The van der Waals surface area contributed by atoms with Crippen molar-refractivity contribution in [2.24, 2.45) is 0 Å². The van der Waals surface area contributed by atoms with E-state index in [1.54, 1.807) is 0 Å². The third-order valence-electron chi connectivity index (χ3n) is 3.94. The molecule has 1 unspecified atom stereocenters. The summed E-state index contributed by atoms with van der Waals surface area (Å²) in [5.74, 6) is -2.34. The Balaban J connectivity index is 2.24. The molecule has 8 heteroatoms. The summed E-state index contributed by atoms with van der Waals surface area (Å²) >= 11 is 0. The second-order valence-electron chi connectivity index (χ2n) is 4.91. The Hall–Kier alpha value is -2.48. The van der Waals surface area contributed by atoms with E-state index in [1.165, 1.54) is 4.40 Å². The lowest BCUT2D eigenvalue weighted by atomic mass is 10.1. The van der Waals surface area contributed by atoms with Crippen LogP contribution in [0.2, 0.25) is 0 Å². The van der Waals surface area contributed by atoms with Crippen LogP contribution >= 0.6 is 10.5 Å². The normalized spacial score (nSPS) is 14.5. The summed E-state index contributed by atoms with van der Waals surface area (Å²) in [6, 6.07) is 0.833. The van der Waals surface area contributed by atoms with Gasteiger partial charge in [-0.05, 0) is 6.07 Å². The maximum absolute atomic E-state index is 13.9. The van der Waals surface area contributed by atoms with Crippen molar-refractivity contribution in [3.05, 3.63) is 38.4 Å². The number of carbonyl (C=O) groups is 1. The number of thiazole rings is 1.